The second-order valence-corrected chi connectivity index (χ2v) is 3.51. The van der Waals surface area contributed by atoms with Gasteiger partial charge in [-0.3, -0.25) is 20.3 Å². The van der Waals surface area contributed by atoms with Crippen molar-refractivity contribution < 1.29 is 14.1 Å². The van der Waals surface area contributed by atoms with Crippen LogP contribution in [0.2, 0.25) is 0 Å². The monoisotopic (exact) mass is 225 g/mol. The van der Waals surface area contributed by atoms with Gasteiger partial charge in [-0.1, -0.05) is 0 Å². The smallest absolute Gasteiger partial charge is 0.277 e. The van der Waals surface area contributed by atoms with Gasteiger partial charge in [-0.25, -0.2) is 9.40 Å². The number of benzene rings is 1. The Morgan fingerprint density at radius 1 is 1.56 bits per heavy atom. The van der Waals surface area contributed by atoms with Gasteiger partial charge in [0.05, 0.1) is 28.7 Å². The van der Waals surface area contributed by atoms with E-state index in [2.05, 4.69) is 5.43 Å². The lowest BCUT2D eigenvalue weighted by Gasteiger charge is -2.24. The predicted molar refractivity (Wildman–Crippen MR) is 52.0 cm³/mol. The predicted octanol–water partition coefficient (Wildman–Crippen LogP) is 0.824. The Labute approximate surface area is 89.8 Å². The molecule has 0 aliphatic carbocycles. The third-order valence-electron chi connectivity index (χ3n) is 2.32. The number of halogens is 1. The highest BCUT2D eigenvalue weighted by Crippen LogP contribution is 2.27. The van der Waals surface area contributed by atoms with Gasteiger partial charge in [-0.2, -0.15) is 0 Å². The molecule has 1 aromatic carbocycles. The van der Waals surface area contributed by atoms with Crippen LogP contribution in [0.1, 0.15) is 15.9 Å². The van der Waals surface area contributed by atoms with E-state index in [0.717, 1.165) is 12.1 Å². The standard InChI is InChI=1S/C9H8FN3O3/c1-12-4-7-6(9(14)11-12)2-5(10)3-8(7)13(15)16/h2-3H,4H2,1H3,(H,11,14). The Balaban J connectivity index is 2.65. The first kappa shape index (κ1) is 10.5. The third-order valence-corrected chi connectivity index (χ3v) is 2.32. The van der Waals surface area contributed by atoms with Crippen LogP contribution in [0.3, 0.4) is 0 Å². The molecule has 0 spiro atoms. The molecule has 2 rings (SSSR count). The maximum Gasteiger partial charge on any atom is 0.277 e. The third kappa shape index (κ3) is 1.61. The summed E-state index contributed by atoms with van der Waals surface area (Å²) in [6, 6.07) is 1.83. The van der Waals surface area contributed by atoms with Gasteiger partial charge >= 0.3 is 0 Å². The molecule has 1 aliphatic rings. The SMILES string of the molecule is CN1Cc2c(cc(F)cc2[N+](=O)[O-])C(=O)N1. The van der Waals surface area contributed by atoms with Crippen LogP contribution in [-0.2, 0) is 6.54 Å². The Bertz CT molecular complexity index is 472. The van der Waals surface area contributed by atoms with Crippen molar-refractivity contribution in [1.29, 1.82) is 0 Å². The molecule has 0 aromatic heterocycles. The number of nitrogens with one attached hydrogen (secondary N) is 1. The van der Waals surface area contributed by atoms with Gasteiger partial charge in [0.2, 0.25) is 0 Å². The average molecular weight is 225 g/mol. The molecule has 84 valence electrons. The summed E-state index contributed by atoms with van der Waals surface area (Å²) >= 11 is 0. The van der Waals surface area contributed by atoms with E-state index in [-0.39, 0.29) is 23.4 Å². The van der Waals surface area contributed by atoms with Gasteiger partial charge in [0.1, 0.15) is 5.82 Å². The molecule has 1 heterocycles. The first-order valence-corrected chi connectivity index (χ1v) is 4.48. The summed E-state index contributed by atoms with van der Waals surface area (Å²) in [6.45, 7) is 0.178. The molecule has 7 heteroatoms. The molecule has 0 radical (unpaired) electrons. The van der Waals surface area contributed by atoms with Crippen LogP contribution < -0.4 is 5.43 Å². The van der Waals surface area contributed by atoms with Crippen molar-refractivity contribution >= 4 is 11.6 Å². The summed E-state index contributed by atoms with van der Waals surface area (Å²) in [6.07, 6.45) is 0. The van der Waals surface area contributed by atoms with Gasteiger partial charge in [-0.05, 0) is 6.07 Å². The number of hydrogen-bond acceptors (Lipinski definition) is 4. The molecule has 1 aliphatic heterocycles. The molecule has 16 heavy (non-hydrogen) atoms. The van der Waals surface area contributed by atoms with Crippen molar-refractivity contribution in [3.63, 3.8) is 0 Å². The summed E-state index contributed by atoms with van der Waals surface area (Å²) in [5, 5.41) is 12.1. The van der Waals surface area contributed by atoms with Crippen LogP contribution in [-0.4, -0.2) is 22.9 Å². The molecule has 0 bridgehead atoms. The van der Waals surface area contributed by atoms with E-state index in [9.17, 15) is 19.3 Å². The second kappa shape index (κ2) is 3.53. The van der Waals surface area contributed by atoms with Crippen molar-refractivity contribution in [3.05, 3.63) is 39.2 Å². The zero-order valence-electron chi connectivity index (χ0n) is 8.36. The van der Waals surface area contributed by atoms with E-state index in [4.69, 9.17) is 0 Å². The Morgan fingerprint density at radius 2 is 2.25 bits per heavy atom. The highest BCUT2D eigenvalue weighted by atomic mass is 19.1. The molecule has 1 aromatic rings. The summed E-state index contributed by atoms with van der Waals surface area (Å²) < 4.78 is 13.1. The first-order chi connectivity index (χ1) is 7.49. The number of amides is 1. The molecular formula is C9H8FN3O3. The second-order valence-electron chi connectivity index (χ2n) is 3.51. The average Bonchev–Trinajstić information content (AvgIpc) is 2.18. The molecule has 6 nitrogen and oxygen atoms in total. The van der Waals surface area contributed by atoms with Gasteiger partial charge in [0.25, 0.3) is 11.6 Å². The lowest BCUT2D eigenvalue weighted by atomic mass is 10.0. The van der Waals surface area contributed by atoms with E-state index >= 15 is 0 Å². The Hall–Kier alpha value is -2.02. The lowest BCUT2D eigenvalue weighted by Crippen LogP contribution is -2.43. The van der Waals surface area contributed by atoms with Crippen LogP contribution in [0.15, 0.2) is 12.1 Å². The molecule has 0 unspecified atom stereocenters. The molecule has 0 saturated carbocycles. The fourth-order valence-corrected chi connectivity index (χ4v) is 1.66. The van der Waals surface area contributed by atoms with E-state index in [1.807, 2.05) is 0 Å². The van der Waals surface area contributed by atoms with Gasteiger partial charge in [0.15, 0.2) is 0 Å². The number of nitro groups is 1. The number of carbonyl (C=O) groups excluding carboxylic acids is 1. The van der Waals surface area contributed by atoms with Gasteiger partial charge in [0, 0.05) is 7.05 Å². The highest BCUT2D eigenvalue weighted by molar-refractivity contribution is 5.97. The zero-order chi connectivity index (χ0) is 11.9. The van der Waals surface area contributed by atoms with Crippen LogP contribution in [0, 0.1) is 15.9 Å². The maximum absolute atomic E-state index is 13.1. The van der Waals surface area contributed by atoms with Crippen molar-refractivity contribution in [2.75, 3.05) is 7.05 Å². The number of rotatable bonds is 1. The van der Waals surface area contributed by atoms with Crippen LogP contribution in [0.4, 0.5) is 10.1 Å². The Morgan fingerprint density at radius 3 is 2.88 bits per heavy atom. The van der Waals surface area contributed by atoms with Crippen LogP contribution >= 0.6 is 0 Å². The molecule has 0 atom stereocenters. The van der Waals surface area contributed by atoms with Crippen LogP contribution in [0.5, 0.6) is 0 Å². The topological polar surface area (TPSA) is 75.5 Å². The summed E-state index contributed by atoms with van der Waals surface area (Å²) in [5.74, 6) is -1.32. The number of nitro benzene ring substituents is 1. The maximum atomic E-state index is 13.1. The minimum atomic E-state index is -0.787. The summed E-state index contributed by atoms with van der Waals surface area (Å²) in [7, 11) is 1.58. The van der Waals surface area contributed by atoms with E-state index in [0.29, 0.717) is 0 Å². The number of carbonyl (C=O) groups is 1. The fraction of sp³-hybridized carbons (Fsp3) is 0.222. The summed E-state index contributed by atoms with van der Waals surface area (Å²) in [5.41, 5.74) is 2.32. The molecule has 0 fully saturated rings. The normalized spacial score (nSPS) is 15.5. The lowest BCUT2D eigenvalue weighted by molar-refractivity contribution is -0.386. The number of hydrazine groups is 1. The van der Waals surface area contributed by atoms with Crippen molar-refractivity contribution in [3.8, 4) is 0 Å². The van der Waals surface area contributed by atoms with E-state index in [1.54, 1.807) is 7.05 Å². The van der Waals surface area contributed by atoms with E-state index < -0.39 is 16.6 Å². The number of nitrogens with zero attached hydrogens (tertiary/aromatic N) is 2. The van der Waals surface area contributed by atoms with Crippen LogP contribution in [0.25, 0.3) is 0 Å². The van der Waals surface area contributed by atoms with Gasteiger partial charge in [-0.15, -0.1) is 0 Å². The number of hydrogen-bond donors (Lipinski definition) is 1. The first-order valence-electron chi connectivity index (χ1n) is 4.48. The zero-order valence-corrected chi connectivity index (χ0v) is 8.36. The number of fused-ring (bicyclic) bond motifs is 1. The van der Waals surface area contributed by atoms with Crippen molar-refractivity contribution in [2.45, 2.75) is 6.54 Å². The minimum Gasteiger partial charge on any atom is -0.285 e. The van der Waals surface area contributed by atoms with Crippen molar-refractivity contribution in [2.24, 2.45) is 0 Å². The summed E-state index contributed by atoms with van der Waals surface area (Å²) in [4.78, 5) is 21.5. The molecular weight excluding hydrogens is 217 g/mol. The minimum absolute atomic E-state index is 0.0183. The Kier molecular flexibility index (Phi) is 2.31. The van der Waals surface area contributed by atoms with Gasteiger partial charge < -0.3 is 0 Å². The molecule has 0 saturated heterocycles. The van der Waals surface area contributed by atoms with E-state index in [1.165, 1.54) is 5.01 Å². The molecule has 1 amide bonds. The quantitative estimate of drug-likeness (QED) is 0.567. The molecule has 1 N–H and O–H groups in total. The fourth-order valence-electron chi connectivity index (χ4n) is 1.66. The largest absolute Gasteiger partial charge is 0.285 e. The van der Waals surface area contributed by atoms with Crippen molar-refractivity contribution in [1.82, 2.24) is 10.4 Å². The highest BCUT2D eigenvalue weighted by Gasteiger charge is 2.28.